The topological polar surface area (TPSA) is 73.8 Å². The van der Waals surface area contributed by atoms with Crippen LogP contribution in [0, 0.1) is 0 Å². The van der Waals surface area contributed by atoms with Crippen molar-refractivity contribution in [2.24, 2.45) is 14.1 Å². The Morgan fingerprint density at radius 2 is 1.78 bits per heavy atom. The number of halogens is 1. The molecule has 0 saturated heterocycles. The van der Waals surface area contributed by atoms with Gasteiger partial charge in [-0.05, 0) is 24.1 Å². The molecule has 0 radical (unpaired) electrons. The molecule has 2 heterocycles. The summed E-state index contributed by atoms with van der Waals surface area (Å²) in [5.41, 5.74) is 1.05. The standard InChI is InChI=1S/C19H24ClN5O2/c1-4-5-6-11-21-18-22-16-15(17(26)24(3)19(27)23(16)2)25(18)12-13-7-9-14(20)10-8-13/h7-10H,4-6,11-12H2,1-3H3,(H,21,22). The van der Waals surface area contributed by atoms with Crippen LogP contribution in [0.3, 0.4) is 0 Å². The van der Waals surface area contributed by atoms with E-state index in [0.717, 1.165) is 35.9 Å². The maximum absolute atomic E-state index is 12.8. The van der Waals surface area contributed by atoms with Gasteiger partial charge in [-0.1, -0.05) is 43.5 Å². The summed E-state index contributed by atoms with van der Waals surface area (Å²) in [7, 11) is 3.11. The van der Waals surface area contributed by atoms with Crippen molar-refractivity contribution in [1.82, 2.24) is 18.7 Å². The van der Waals surface area contributed by atoms with Crippen LogP contribution in [-0.4, -0.2) is 25.2 Å². The first-order valence-corrected chi connectivity index (χ1v) is 9.46. The fraction of sp³-hybridized carbons (Fsp3) is 0.421. The Hall–Kier alpha value is -2.54. The minimum absolute atomic E-state index is 0.351. The predicted octanol–water partition coefficient (Wildman–Crippen LogP) is 2.74. The molecule has 0 aliphatic heterocycles. The Morgan fingerprint density at radius 3 is 2.44 bits per heavy atom. The summed E-state index contributed by atoms with van der Waals surface area (Å²) >= 11 is 5.98. The molecule has 2 aromatic heterocycles. The van der Waals surface area contributed by atoms with Gasteiger partial charge in [-0.3, -0.25) is 18.5 Å². The highest BCUT2D eigenvalue weighted by molar-refractivity contribution is 6.30. The van der Waals surface area contributed by atoms with Gasteiger partial charge in [0, 0.05) is 25.7 Å². The zero-order valence-corrected chi connectivity index (χ0v) is 16.6. The molecule has 0 aliphatic rings. The van der Waals surface area contributed by atoms with Crippen molar-refractivity contribution in [1.29, 1.82) is 0 Å². The smallest absolute Gasteiger partial charge is 0.332 e. The molecule has 0 fully saturated rings. The van der Waals surface area contributed by atoms with Gasteiger partial charge in [0.05, 0.1) is 6.54 Å². The third-order valence-electron chi connectivity index (χ3n) is 4.67. The van der Waals surface area contributed by atoms with E-state index in [4.69, 9.17) is 11.6 Å². The number of nitrogens with one attached hydrogen (secondary N) is 1. The lowest BCUT2D eigenvalue weighted by Gasteiger charge is -2.11. The molecule has 0 bridgehead atoms. The number of hydrogen-bond donors (Lipinski definition) is 1. The second-order valence-corrected chi connectivity index (χ2v) is 7.10. The minimum atomic E-state index is -0.388. The van der Waals surface area contributed by atoms with Crippen LogP contribution in [0.2, 0.25) is 5.02 Å². The van der Waals surface area contributed by atoms with Crippen LogP contribution in [0.5, 0.6) is 0 Å². The normalized spacial score (nSPS) is 11.3. The molecule has 0 saturated carbocycles. The summed E-state index contributed by atoms with van der Waals surface area (Å²) in [6.07, 6.45) is 3.25. The molecule has 0 atom stereocenters. The van der Waals surface area contributed by atoms with E-state index < -0.39 is 0 Å². The van der Waals surface area contributed by atoms with Gasteiger partial charge in [0.1, 0.15) is 0 Å². The number of hydrogen-bond acceptors (Lipinski definition) is 4. The Labute approximate surface area is 162 Å². The van der Waals surface area contributed by atoms with Crippen molar-refractivity contribution in [3.63, 3.8) is 0 Å². The summed E-state index contributed by atoms with van der Waals surface area (Å²) in [4.78, 5) is 29.6. The molecule has 0 unspecified atom stereocenters. The third kappa shape index (κ3) is 3.78. The average molecular weight is 390 g/mol. The van der Waals surface area contributed by atoms with E-state index in [1.807, 2.05) is 28.8 Å². The molecule has 3 aromatic rings. The Bertz CT molecular complexity index is 1060. The highest BCUT2D eigenvalue weighted by atomic mass is 35.5. The molecule has 144 valence electrons. The van der Waals surface area contributed by atoms with Crippen LogP contribution >= 0.6 is 11.6 Å². The van der Waals surface area contributed by atoms with Crippen molar-refractivity contribution in [2.45, 2.75) is 32.7 Å². The Kier molecular flexibility index (Phi) is 5.70. The van der Waals surface area contributed by atoms with Gasteiger partial charge < -0.3 is 5.32 Å². The first-order valence-electron chi connectivity index (χ1n) is 9.08. The number of aryl methyl sites for hydroxylation is 1. The maximum Gasteiger partial charge on any atom is 0.332 e. The number of nitrogens with zero attached hydrogens (tertiary/aromatic N) is 4. The van der Waals surface area contributed by atoms with Crippen LogP contribution < -0.4 is 16.6 Å². The number of rotatable bonds is 7. The van der Waals surface area contributed by atoms with Gasteiger partial charge in [-0.15, -0.1) is 0 Å². The molecule has 27 heavy (non-hydrogen) atoms. The van der Waals surface area contributed by atoms with Gasteiger partial charge in [0.15, 0.2) is 11.2 Å². The van der Waals surface area contributed by atoms with Crippen molar-refractivity contribution >= 4 is 28.7 Å². The van der Waals surface area contributed by atoms with Crippen LogP contribution in [0.15, 0.2) is 33.9 Å². The van der Waals surface area contributed by atoms with Crippen LogP contribution in [0.4, 0.5) is 5.95 Å². The number of aromatic nitrogens is 4. The molecule has 0 aliphatic carbocycles. The highest BCUT2D eigenvalue weighted by Crippen LogP contribution is 2.19. The Morgan fingerprint density at radius 1 is 1.07 bits per heavy atom. The molecular formula is C19H24ClN5O2. The van der Waals surface area contributed by atoms with E-state index in [-0.39, 0.29) is 11.2 Å². The molecular weight excluding hydrogens is 366 g/mol. The van der Waals surface area contributed by atoms with Gasteiger partial charge in [-0.2, -0.15) is 4.98 Å². The predicted molar refractivity (Wildman–Crippen MR) is 109 cm³/mol. The molecule has 1 N–H and O–H groups in total. The van der Waals surface area contributed by atoms with Gasteiger partial charge in [0.2, 0.25) is 5.95 Å². The first kappa shape index (κ1) is 19.2. The summed E-state index contributed by atoms with van der Waals surface area (Å²) < 4.78 is 4.36. The van der Waals surface area contributed by atoms with Gasteiger partial charge in [-0.25, -0.2) is 4.79 Å². The zero-order chi connectivity index (χ0) is 19.6. The fourth-order valence-electron chi connectivity index (χ4n) is 3.08. The number of fused-ring (bicyclic) bond motifs is 1. The SMILES string of the molecule is CCCCCNc1nc2c(c(=O)n(C)c(=O)n2C)n1Cc1ccc(Cl)cc1. The van der Waals surface area contributed by atoms with Crippen LogP contribution in [-0.2, 0) is 20.6 Å². The number of unbranched alkanes of at least 4 members (excludes halogenated alkanes) is 2. The number of imidazole rings is 1. The minimum Gasteiger partial charge on any atom is -0.356 e. The summed E-state index contributed by atoms with van der Waals surface area (Å²) in [6, 6.07) is 7.47. The largest absolute Gasteiger partial charge is 0.356 e. The van der Waals surface area contributed by atoms with E-state index >= 15 is 0 Å². The Balaban J connectivity index is 2.12. The van der Waals surface area contributed by atoms with E-state index in [1.54, 1.807) is 7.05 Å². The molecule has 7 nitrogen and oxygen atoms in total. The molecule has 0 amide bonds. The van der Waals surface area contributed by atoms with E-state index in [1.165, 1.54) is 11.6 Å². The molecule has 3 rings (SSSR count). The van der Waals surface area contributed by atoms with Crippen LogP contribution in [0.1, 0.15) is 31.7 Å². The average Bonchev–Trinajstić information content (AvgIpc) is 3.02. The van der Waals surface area contributed by atoms with E-state index in [9.17, 15) is 9.59 Å². The quantitative estimate of drug-likeness (QED) is 0.630. The lowest BCUT2D eigenvalue weighted by molar-refractivity contribution is 0.702. The lowest BCUT2D eigenvalue weighted by Crippen LogP contribution is -2.37. The number of benzene rings is 1. The molecule has 1 aromatic carbocycles. The number of anilines is 1. The van der Waals surface area contributed by atoms with E-state index in [0.29, 0.717) is 28.7 Å². The lowest BCUT2D eigenvalue weighted by atomic mass is 10.2. The van der Waals surface area contributed by atoms with Gasteiger partial charge in [0.25, 0.3) is 5.56 Å². The van der Waals surface area contributed by atoms with Crippen molar-refractivity contribution in [3.8, 4) is 0 Å². The summed E-state index contributed by atoms with van der Waals surface area (Å²) in [5.74, 6) is 0.592. The van der Waals surface area contributed by atoms with Crippen molar-refractivity contribution < 1.29 is 0 Å². The summed E-state index contributed by atoms with van der Waals surface area (Å²) in [6.45, 7) is 3.36. The van der Waals surface area contributed by atoms with Crippen LogP contribution in [0.25, 0.3) is 11.2 Å². The molecule has 0 spiro atoms. The second-order valence-electron chi connectivity index (χ2n) is 6.66. The monoisotopic (exact) mass is 389 g/mol. The van der Waals surface area contributed by atoms with Crippen molar-refractivity contribution in [3.05, 3.63) is 55.7 Å². The first-order chi connectivity index (χ1) is 12.9. The molecule has 8 heteroatoms. The fourth-order valence-corrected chi connectivity index (χ4v) is 3.21. The summed E-state index contributed by atoms with van der Waals surface area (Å²) in [5, 5.41) is 3.98. The second kappa shape index (κ2) is 8.00. The highest BCUT2D eigenvalue weighted by Gasteiger charge is 2.19. The van der Waals surface area contributed by atoms with Gasteiger partial charge >= 0.3 is 5.69 Å². The van der Waals surface area contributed by atoms with Crippen molar-refractivity contribution in [2.75, 3.05) is 11.9 Å². The third-order valence-corrected chi connectivity index (χ3v) is 4.92. The maximum atomic E-state index is 12.8. The zero-order valence-electron chi connectivity index (χ0n) is 15.8. The van der Waals surface area contributed by atoms with E-state index in [2.05, 4.69) is 17.2 Å².